The molecule has 1 aromatic heterocycles. The molecule has 128 valence electrons. The number of hydrogen-bond acceptors (Lipinski definition) is 1. The van der Waals surface area contributed by atoms with Gasteiger partial charge in [0, 0.05) is 17.7 Å². The largest absolute Gasteiger partial charge is 0.234 e. The van der Waals surface area contributed by atoms with Gasteiger partial charge < -0.3 is 0 Å². The van der Waals surface area contributed by atoms with Crippen LogP contribution in [0, 0.1) is 12.7 Å². The molecule has 0 amide bonds. The van der Waals surface area contributed by atoms with Crippen molar-refractivity contribution in [2.45, 2.75) is 13.3 Å². The Hall–Kier alpha value is -3.20. The van der Waals surface area contributed by atoms with Gasteiger partial charge in [-0.1, -0.05) is 72.3 Å². The summed E-state index contributed by atoms with van der Waals surface area (Å²) in [4.78, 5) is 0. The van der Waals surface area contributed by atoms with Gasteiger partial charge in [-0.25, -0.2) is 9.07 Å². The molecule has 3 heteroatoms. The molecule has 0 aliphatic heterocycles. The number of rotatable bonds is 4. The van der Waals surface area contributed by atoms with Crippen LogP contribution in [0.15, 0.2) is 84.9 Å². The maximum absolute atomic E-state index is 14.4. The zero-order valence-electron chi connectivity index (χ0n) is 14.6. The highest BCUT2D eigenvalue weighted by Crippen LogP contribution is 2.24. The zero-order valence-corrected chi connectivity index (χ0v) is 14.6. The molecule has 0 radical (unpaired) electrons. The topological polar surface area (TPSA) is 17.8 Å². The van der Waals surface area contributed by atoms with Crippen LogP contribution in [0.1, 0.15) is 16.8 Å². The monoisotopic (exact) mass is 342 g/mol. The highest BCUT2D eigenvalue weighted by Gasteiger charge is 2.14. The number of nitrogens with zero attached hydrogens (tertiary/aromatic N) is 2. The number of hydrogen-bond donors (Lipinski definition) is 0. The van der Waals surface area contributed by atoms with Crippen LogP contribution in [0.3, 0.4) is 0 Å². The van der Waals surface area contributed by atoms with Crippen LogP contribution in [0.5, 0.6) is 0 Å². The van der Waals surface area contributed by atoms with E-state index in [-0.39, 0.29) is 5.82 Å². The van der Waals surface area contributed by atoms with Crippen molar-refractivity contribution in [3.8, 4) is 16.9 Å². The summed E-state index contributed by atoms with van der Waals surface area (Å²) in [6, 6.07) is 27.2. The number of aryl methyl sites for hydroxylation is 1. The van der Waals surface area contributed by atoms with Crippen molar-refractivity contribution in [1.29, 1.82) is 0 Å². The summed E-state index contributed by atoms with van der Waals surface area (Å²) in [7, 11) is 0. The maximum atomic E-state index is 14.4. The predicted molar refractivity (Wildman–Crippen MR) is 103 cm³/mol. The van der Waals surface area contributed by atoms with E-state index >= 15 is 0 Å². The minimum Gasteiger partial charge on any atom is -0.234 e. The van der Waals surface area contributed by atoms with Crippen molar-refractivity contribution in [2.75, 3.05) is 0 Å². The highest BCUT2D eigenvalue weighted by molar-refractivity contribution is 5.60. The fourth-order valence-corrected chi connectivity index (χ4v) is 3.04. The molecule has 4 aromatic rings. The van der Waals surface area contributed by atoms with Crippen molar-refractivity contribution < 1.29 is 4.39 Å². The van der Waals surface area contributed by atoms with Gasteiger partial charge in [-0.2, -0.15) is 5.10 Å². The molecule has 0 atom stereocenters. The van der Waals surface area contributed by atoms with E-state index in [4.69, 9.17) is 5.10 Å². The summed E-state index contributed by atoms with van der Waals surface area (Å²) >= 11 is 0. The van der Waals surface area contributed by atoms with Crippen LogP contribution in [0.25, 0.3) is 16.9 Å². The van der Waals surface area contributed by atoms with Crippen LogP contribution < -0.4 is 0 Å². The van der Waals surface area contributed by atoms with Crippen LogP contribution in [-0.4, -0.2) is 9.78 Å². The van der Waals surface area contributed by atoms with Gasteiger partial charge in [0.25, 0.3) is 0 Å². The Labute approximate surface area is 152 Å². The third kappa shape index (κ3) is 3.29. The average Bonchev–Trinajstić information content (AvgIpc) is 3.08. The molecule has 0 aliphatic carbocycles. The van der Waals surface area contributed by atoms with Gasteiger partial charge in [0.15, 0.2) is 0 Å². The minimum absolute atomic E-state index is 0.277. The fourth-order valence-electron chi connectivity index (χ4n) is 3.04. The van der Waals surface area contributed by atoms with Crippen LogP contribution in [0.4, 0.5) is 4.39 Å². The standard InChI is InChI=1S/C23H19FN2/c1-17-11-13-18(14-12-17)15-20-16-22(19-7-3-2-4-8-19)25-26(20)23-10-6-5-9-21(23)24/h2-14,16H,15H2,1H3. The van der Waals surface area contributed by atoms with E-state index in [0.717, 1.165) is 17.0 Å². The summed E-state index contributed by atoms with van der Waals surface area (Å²) in [5, 5.41) is 4.70. The fraction of sp³-hybridized carbons (Fsp3) is 0.0870. The Bertz CT molecular complexity index is 1020. The first-order chi connectivity index (χ1) is 12.7. The second kappa shape index (κ2) is 6.96. The van der Waals surface area contributed by atoms with Gasteiger partial charge in [-0.3, -0.25) is 0 Å². The number of aromatic nitrogens is 2. The van der Waals surface area contributed by atoms with Crippen LogP contribution in [-0.2, 0) is 6.42 Å². The van der Waals surface area contributed by atoms with Crippen molar-refractivity contribution in [2.24, 2.45) is 0 Å². The molecule has 0 spiro atoms. The molecule has 0 aliphatic rings. The second-order valence-electron chi connectivity index (χ2n) is 6.41. The SMILES string of the molecule is Cc1ccc(Cc2cc(-c3ccccc3)nn2-c2ccccc2F)cc1. The predicted octanol–water partition coefficient (Wildman–Crippen LogP) is 5.58. The molecule has 0 N–H and O–H groups in total. The molecular formula is C23H19FN2. The molecule has 0 fully saturated rings. The van der Waals surface area contributed by atoms with Gasteiger partial charge in [0.1, 0.15) is 11.5 Å². The molecule has 26 heavy (non-hydrogen) atoms. The van der Waals surface area contributed by atoms with Gasteiger partial charge in [0.05, 0.1) is 5.69 Å². The van der Waals surface area contributed by atoms with Crippen LogP contribution in [0.2, 0.25) is 0 Å². The molecular weight excluding hydrogens is 323 g/mol. The Balaban J connectivity index is 1.81. The van der Waals surface area contributed by atoms with Gasteiger partial charge >= 0.3 is 0 Å². The van der Waals surface area contributed by atoms with E-state index in [0.29, 0.717) is 12.1 Å². The first-order valence-corrected chi connectivity index (χ1v) is 8.65. The van der Waals surface area contributed by atoms with E-state index in [9.17, 15) is 4.39 Å². The molecule has 0 bridgehead atoms. The number of para-hydroxylation sites is 1. The van der Waals surface area contributed by atoms with Gasteiger partial charge in [0.2, 0.25) is 0 Å². The Morgan fingerprint density at radius 2 is 1.54 bits per heavy atom. The average molecular weight is 342 g/mol. The molecule has 1 heterocycles. The van der Waals surface area contributed by atoms with Crippen molar-refractivity contribution in [3.05, 3.63) is 108 Å². The maximum Gasteiger partial charge on any atom is 0.148 e. The van der Waals surface area contributed by atoms with Crippen molar-refractivity contribution in [1.82, 2.24) is 9.78 Å². The molecule has 0 saturated carbocycles. The summed E-state index contributed by atoms with van der Waals surface area (Å²) in [5.41, 5.74) is 5.69. The molecule has 4 rings (SSSR count). The Morgan fingerprint density at radius 1 is 0.846 bits per heavy atom. The summed E-state index contributed by atoms with van der Waals surface area (Å²) in [6.07, 6.45) is 0.689. The van der Waals surface area contributed by atoms with Crippen molar-refractivity contribution >= 4 is 0 Å². The summed E-state index contributed by atoms with van der Waals surface area (Å²) in [5.74, 6) is -0.277. The minimum atomic E-state index is -0.277. The second-order valence-corrected chi connectivity index (χ2v) is 6.41. The first kappa shape index (κ1) is 16.3. The quantitative estimate of drug-likeness (QED) is 0.473. The normalized spacial score (nSPS) is 10.8. The lowest BCUT2D eigenvalue weighted by Gasteiger charge is -2.08. The molecule has 3 aromatic carbocycles. The van der Waals surface area contributed by atoms with Gasteiger partial charge in [-0.05, 0) is 30.7 Å². The van der Waals surface area contributed by atoms with E-state index in [1.807, 2.05) is 42.5 Å². The zero-order chi connectivity index (χ0) is 17.9. The molecule has 2 nitrogen and oxygen atoms in total. The lowest BCUT2D eigenvalue weighted by atomic mass is 10.1. The Kier molecular flexibility index (Phi) is 4.36. The van der Waals surface area contributed by atoms with Gasteiger partial charge in [-0.15, -0.1) is 0 Å². The van der Waals surface area contributed by atoms with E-state index in [2.05, 4.69) is 31.2 Å². The van der Waals surface area contributed by atoms with Crippen LogP contribution >= 0.6 is 0 Å². The van der Waals surface area contributed by atoms with Crippen molar-refractivity contribution in [3.63, 3.8) is 0 Å². The summed E-state index contributed by atoms with van der Waals surface area (Å²) in [6.45, 7) is 2.07. The smallest absolute Gasteiger partial charge is 0.148 e. The lowest BCUT2D eigenvalue weighted by molar-refractivity contribution is 0.607. The highest BCUT2D eigenvalue weighted by atomic mass is 19.1. The molecule has 0 unspecified atom stereocenters. The third-order valence-electron chi connectivity index (χ3n) is 4.44. The Morgan fingerprint density at radius 3 is 2.27 bits per heavy atom. The number of benzene rings is 3. The third-order valence-corrected chi connectivity index (χ3v) is 4.44. The lowest BCUT2D eigenvalue weighted by Crippen LogP contribution is -2.05. The van der Waals surface area contributed by atoms with E-state index in [1.54, 1.807) is 16.8 Å². The molecule has 0 saturated heterocycles. The summed E-state index contributed by atoms with van der Waals surface area (Å²) < 4.78 is 16.1. The first-order valence-electron chi connectivity index (χ1n) is 8.65. The van der Waals surface area contributed by atoms with E-state index in [1.165, 1.54) is 17.2 Å². The number of halogens is 1. The van der Waals surface area contributed by atoms with E-state index < -0.39 is 0 Å².